The molecular formula is C12H12N2O3S. The summed E-state index contributed by atoms with van der Waals surface area (Å²) >= 11 is 1.42. The highest BCUT2D eigenvalue weighted by Gasteiger charge is 2.26. The van der Waals surface area contributed by atoms with Crippen molar-refractivity contribution in [3.05, 3.63) is 23.8 Å². The number of nitrogens with zero attached hydrogens (tertiary/aromatic N) is 1. The average Bonchev–Trinajstić information content (AvgIpc) is 2.96. The number of hydrogen-bond acceptors (Lipinski definition) is 5. The molecule has 1 atom stereocenters. The van der Waals surface area contributed by atoms with Crippen molar-refractivity contribution in [2.45, 2.75) is 6.04 Å². The van der Waals surface area contributed by atoms with Crippen molar-refractivity contribution in [1.29, 1.82) is 0 Å². The molecule has 2 aliphatic heterocycles. The fourth-order valence-corrected chi connectivity index (χ4v) is 2.67. The smallest absolute Gasteiger partial charge is 0.236 e. The largest absolute Gasteiger partial charge is 0.497 e. The highest BCUT2D eigenvalue weighted by molar-refractivity contribution is 8.15. The van der Waals surface area contributed by atoms with Gasteiger partial charge in [-0.2, -0.15) is 0 Å². The highest BCUT2D eigenvalue weighted by Crippen LogP contribution is 2.37. The van der Waals surface area contributed by atoms with Crippen LogP contribution in [0.15, 0.2) is 23.2 Å². The number of fused-ring (bicyclic) bond motifs is 1. The molecule has 94 valence electrons. The second-order valence-corrected chi connectivity index (χ2v) is 4.97. The van der Waals surface area contributed by atoms with Crippen molar-refractivity contribution in [2.75, 3.05) is 19.5 Å². The Bertz CT molecular complexity index is 530. The molecule has 0 aromatic heterocycles. The first-order valence-electron chi connectivity index (χ1n) is 5.57. The topological polar surface area (TPSA) is 59.9 Å². The summed E-state index contributed by atoms with van der Waals surface area (Å²) < 4.78 is 10.8. The molecule has 1 amide bonds. The van der Waals surface area contributed by atoms with Gasteiger partial charge in [0.25, 0.3) is 0 Å². The lowest BCUT2D eigenvalue weighted by Crippen LogP contribution is -2.21. The number of aliphatic imine (C=N–C) groups is 1. The van der Waals surface area contributed by atoms with Gasteiger partial charge >= 0.3 is 0 Å². The molecule has 0 aliphatic carbocycles. The fraction of sp³-hybridized carbons (Fsp3) is 0.333. The van der Waals surface area contributed by atoms with Crippen molar-refractivity contribution in [3.8, 4) is 11.5 Å². The molecule has 1 saturated heterocycles. The second kappa shape index (κ2) is 4.53. The van der Waals surface area contributed by atoms with Gasteiger partial charge in [0.2, 0.25) is 5.91 Å². The number of carbonyl (C=O) groups excluding carboxylic acids is 1. The van der Waals surface area contributed by atoms with E-state index in [1.54, 1.807) is 7.11 Å². The second-order valence-electron chi connectivity index (χ2n) is 4.00. The number of nitrogens with one attached hydrogen (secondary N) is 1. The molecule has 5 nitrogen and oxygen atoms in total. The Morgan fingerprint density at radius 3 is 3.17 bits per heavy atom. The summed E-state index contributed by atoms with van der Waals surface area (Å²) in [4.78, 5) is 15.6. The van der Waals surface area contributed by atoms with E-state index in [0.29, 0.717) is 17.5 Å². The summed E-state index contributed by atoms with van der Waals surface area (Å²) in [6.45, 7) is 0.502. The molecule has 0 bridgehead atoms. The number of methoxy groups -OCH3 is 1. The van der Waals surface area contributed by atoms with Crippen LogP contribution in [0.1, 0.15) is 11.6 Å². The molecule has 2 heterocycles. The summed E-state index contributed by atoms with van der Waals surface area (Å²) in [6, 6.07) is 5.60. The minimum atomic E-state index is -0.0731. The van der Waals surface area contributed by atoms with Crippen LogP contribution in [0.3, 0.4) is 0 Å². The Balaban J connectivity index is 1.87. The monoisotopic (exact) mass is 264 g/mol. The van der Waals surface area contributed by atoms with Gasteiger partial charge in [0.15, 0.2) is 5.17 Å². The standard InChI is InChI=1S/C12H12N2O3S/c1-16-7-2-3-10-8(4-7)9(5-17-10)13-12-14-11(15)6-18-12/h2-4,9H,5-6H2,1H3,(H,13,14,15)/t9-/m0/s1. The SMILES string of the molecule is COc1ccc2c(c1)[C@@H](N=C1NC(=O)CS1)CO2. The van der Waals surface area contributed by atoms with Gasteiger partial charge in [-0.1, -0.05) is 11.8 Å². The molecule has 1 aromatic carbocycles. The van der Waals surface area contributed by atoms with E-state index in [-0.39, 0.29) is 11.9 Å². The van der Waals surface area contributed by atoms with Crippen LogP contribution in [0.4, 0.5) is 0 Å². The van der Waals surface area contributed by atoms with Crippen LogP contribution in [0.5, 0.6) is 11.5 Å². The van der Waals surface area contributed by atoms with E-state index in [2.05, 4.69) is 10.3 Å². The Labute approximate surface area is 109 Å². The molecule has 6 heteroatoms. The maximum Gasteiger partial charge on any atom is 0.236 e. The van der Waals surface area contributed by atoms with Crippen LogP contribution in [0, 0.1) is 0 Å². The van der Waals surface area contributed by atoms with E-state index in [9.17, 15) is 4.79 Å². The highest BCUT2D eigenvalue weighted by atomic mass is 32.2. The van der Waals surface area contributed by atoms with Crippen LogP contribution >= 0.6 is 11.8 Å². The number of carbonyl (C=O) groups is 1. The summed E-state index contributed by atoms with van der Waals surface area (Å²) in [5, 5.41) is 3.40. The third-order valence-electron chi connectivity index (χ3n) is 2.83. The average molecular weight is 264 g/mol. The van der Waals surface area contributed by atoms with Crippen LogP contribution in [0.2, 0.25) is 0 Å². The van der Waals surface area contributed by atoms with Crippen LogP contribution in [0.25, 0.3) is 0 Å². The van der Waals surface area contributed by atoms with Gasteiger partial charge in [-0.3, -0.25) is 9.79 Å². The maximum absolute atomic E-state index is 11.1. The summed E-state index contributed by atoms with van der Waals surface area (Å²) in [5.41, 5.74) is 1.00. The minimum Gasteiger partial charge on any atom is -0.497 e. The van der Waals surface area contributed by atoms with Gasteiger partial charge in [-0.25, -0.2) is 0 Å². The molecule has 3 rings (SSSR count). The molecule has 0 radical (unpaired) electrons. The molecule has 0 spiro atoms. The summed E-state index contributed by atoms with van der Waals surface area (Å²) in [5.74, 6) is 2.06. The first-order chi connectivity index (χ1) is 8.76. The number of rotatable bonds is 2. The molecule has 0 saturated carbocycles. The number of hydrogen-bond donors (Lipinski definition) is 1. The zero-order valence-electron chi connectivity index (χ0n) is 9.80. The lowest BCUT2D eigenvalue weighted by Gasteiger charge is -2.06. The van der Waals surface area contributed by atoms with Gasteiger partial charge in [0, 0.05) is 5.56 Å². The van der Waals surface area contributed by atoms with E-state index in [0.717, 1.165) is 17.1 Å². The normalized spacial score (nSPS) is 23.7. The minimum absolute atomic E-state index is 0.00327. The quantitative estimate of drug-likeness (QED) is 0.876. The Morgan fingerprint density at radius 1 is 1.56 bits per heavy atom. The predicted octanol–water partition coefficient (Wildman–Crippen LogP) is 1.35. The molecular weight excluding hydrogens is 252 g/mol. The molecule has 1 N–H and O–H groups in total. The van der Waals surface area contributed by atoms with Crippen molar-refractivity contribution in [3.63, 3.8) is 0 Å². The van der Waals surface area contributed by atoms with Crippen LogP contribution < -0.4 is 14.8 Å². The molecule has 1 fully saturated rings. The van der Waals surface area contributed by atoms with Gasteiger partial charge in [-0.05, 0) is 18.2 Å². The van der Waals surface area contributed by atoms with Gasteiger partial charge in [0.1, 0.15) is 24.1 Å². The zero-order valence-corrected chi connectivity index (χ0v) is 10.6. The molecule has 0 unspecified atom stereocenters. The van der Waals surface area contributed by atoms with E-state index >= 15 is 0 Å². The van der Waals surface area contributed by atoms with Crippen molar-refractivity contribution >= 4 is 22.8 Å². The van der Waals surface area contributed by atoms with E-state index in [1.165, 1.54) is 11.8 Å². The number of thioether (sulfide) groups is 1. The molecule has 18 heavy (non-hydrogen) atoms. The fourth-order valence-electron chi connectivity index (χ4n) is 1.95. The number of ether oxygens (including phenoxy) is 2. The Kier molecular flexibility index (Phi) is 2.87. The lowest BCUT2D eigenvalue weighted by atomic mass is 10.1. The zero-order chi connectivity index (χ0) is 12.5. The van der Waals surface area contributed by atoms with E-state index in [4.69, 9.17) is 9.47 Å². The van der Waals surface area contributed by atoms with Crippen molar-refractivity contribution in [1.82, 2.24) is 5.32 Å². The number of benzene rings is 1. The molecule has 1 aromatic rings. The van der Waals surface area contributed by atoms with E-state index in [1.807, 2.05) is 18.2 Å². The van der Waals surface area contributed by atoms with Crippen molar-refractivity contribution in [2.24, 2.45) is 4.99 Å². The third-order valence-corrected chi connectivity index (χ3v) is 3.72. The van der Waals surface area contributed by atoms with E-state index < -0.39 is 0 Å². The number of amides is 1. The third kappa shape index (κ3) is 2.03. The predicted molar refractivity (Wildman–Crippen MR) is 69.3 cm³/mol. The Hall–Kier alpha value is -1.69. The molecule has 2 aliphatic rings. The van der Waals surface area contributed by atoms with Crippen LogP contribution in [-0.4, -0.2) is 30.5 Å². The maximum atomic E-state index is 11.1. The summed E-state index contributed by atoms with van der Waals surface area (Å²) in [6.07, 6.45) is 0. The van der Waals surface area contributed by atoms with Crippen LogP contribution in [-0.2, 0) is 4.79 Å². The Morgan fingerprint density at radius 2 is 2.44 bits per heavy atom. The first-order valence-corrected chi connectivity index (χ1v) is 6.56. The number of amidine groups is 1. The lowest BCUT2D eigenvalue weighted by molar-refractivity contribution is -0.116. The first kappa shape index (κ1) is 11.4. The van der Waals surface area contributed by atoms with Gasteiger partial charge in [0.05, 0.1) is 12.9 Å². The summed E-state index contributed by atoms with van der Waals surface area (Å²) in [7, 11) is 1.63. The van der Waals surface area contributed by atoms with Gasteiger partial charge in [-0.15, -0.1) is 0 Å². The van der Waals surface area contributed by atoms with Crippen molar-refractivity contribution < 1.29 is 14.3 Å². The van der Waals surface area contributed by atoms with Gasteiger partial charge < -0.3 is 14.8 Å².